The van der Waals surface area contributed by atoms with E-state index >= 15 is 0 Å². The Morgan fingerprint density at radius 2 is 1.82 bits per heavy atom. The average molecular weight is 424 g/mol. The monoisotopic (exact) mass is 423 g/mol. The van der Waals surface area contributed by atoms with Gasteiger partial charge in [0.15, 0.2) is 9.84 Å². The van der Waals surface area contributed by atoms with Gasteiger partial charge in [0.1, 0.15) is 0 Å². The second kappa shape index (κ2) is 8.39. The molecule has 0 bridgehead atoms. The molecular weight excluding hydrogens is 390 g/mol. The van der Waals surface area contributed by atoms with Crippen LogP contribution < -0.4 is 0 Å². The molecule has 1 saturated heterocycles. The van der Waals surface area contributed by atoms with Crippen LogP contribution in [0.15, 0.2) is 23.1 Å². The van der Waals surface area contributed by atoms with Crippen LogP contribution in [0.2, 0.25) is 0 Å². The highest BCUT2D eigenvalue weighted by atomic mass is 32.2. The molecule has 1 aliphatic heterocycles. The largest absolute Gasteiger partial charge is 0.335 e. The summed E-state index contributed by atoms with van der Waals surface area (Å²) >= 11 is 1.59. The molecule has 0 radical (unpaired) electrons. The predicted octanol–water partition coefficient (Wildman–Crippen LogP) is 4.34. The molecule has 1 amide bonds. The van der Waals surface area contributed by atoms with Gasteiger partial charge >= 0.3 is 0 Å². The average Bonchev–Trinajstić information content (AvgIpc) is 3.23. The van der Waals surface area contributed by atoms with Crippen LogP contribution in [-0.4, -0.2) is 48.6 Å². The Hall–Kier alpha value is -1.01. The van der Waals surface area contributed by atoms with E-state index < -0.39 is 9.84 Å². The third kappa shape index (κ3) is 5.12. The van der Waals surface area contributed by atoms with Crippen LogP contribution in [0.3, 0.4) is 0 Å². The van der Waals surface area contributed by atoms with Crippen LogP contribution in [-0.2, 0) is 20.0 Å². The number of carbonyl (C=O) groups excluding carboxylic acids is 1. The molecule has 1 aromatic carbocycles. The summed E-state index contributed by atoms with van der Waals surface area (Å²) in [6.45, 7) is 8.66. The molecule has 1 heterocycles. The molecule has 1 aliphatic carbocycles. The van der Waals surface area contributed by atoms with Crippen molar-refractivity contribution in [2.75, 3.05) is 17.3 Å². The predicted molar refractivity (Wildman–Crippen MR) is 117 cm³/mol. The van der Waals surface area contributed by atoms with Crippen molar-refractivity contribution in [3.8, 4) is 0 Å². The van der Waals surface area contributed by atoms with Crippen LogP contribution in [0.5, 0.6) is 0 Å². The van der Waals surface area contributed by atoms with Crippen molar-refractivity contribution in [3.05, 3.63) is 29.3 Å². The summed E-state index contributed by atoms with van der Waals surface area (Å²) in [4.78, 5) is 16.3. The van der Waals surface area contributed by atoms with E-state index in [1.807, 2.05) is 4.90 Å². The normalized spacial score (nSPS) is 22.5. The summed E-state index contributed by atoms with van der Waals surface area (Å²) in [6.07, 6.45) is 4.87. The summed E-state index contributed by atoms with van der Waals surface area (Å²) in [5.41, 5.74) is 2.52. The summed E-state index contributed by atoms with van der Waals surface area (Å²) < 4.78 is 24.0. The van der Waals surface area contributed by atoms with Gasteiger partial charge in [-0.3, -0.25) is 4.79 Å². The van der Waals surface area contributed by atoms with Gasteiger partial charge in [-0.05, 0) is 48.8 Å². The topological polar surface area (TPSA) is 54.5 Å². The summed E-state index contributed by atoms with van der Waals surface area (Å²) in [5, 5.41) is 0. The molecule has 0 aromatic heterocycles. The third-order valence-electron chi connectivity index (χ3n) is 6.01. The number of nitrogens with zero attached hydrogens (tertiary/aromatic N) is 1. The lowest BCUT2D eigenvalue weighted by atomic mass is 9.87. The number of rotatable bonds is 5. The maximum absolute atomic E-state index is 13.2. The fraction of sp³-hybridized carbons (Fsp3) is 0.682. The lowest BCUT2D eigenvalue weighted by molar-refractivity contribution is -0.132. The molecule has 1 saturated carbocycles. The van der Waals surface area contributed by atoms with Crippen molar-refractivity contribution in [1.82, 2.24) is 4.90 Å². The number of amides is 1. The molecule has 2 aliphatic rings. The van der Waals surface area contributed by atoms with Gasteiger partial charge in [0.05, 0.1) is 17.3 Å². The van der Waals surface area contributed by atoms with Crippen molar-refractivity contribution in [2.45, 2.75) is 82.2 Å². The lowest BCUT2D eigenvalue weighted by Crippen LogP contribution is -2.47. The SMILES string of the molecule is Cc1ccc(C(C)(C)C)cc1SCC(=O)N(C1CCCC1)C1CCS(=O)(=O)C1. The van der Waals surface area contributed by atoms with Gasteiger partial charge in [0.2, 0.25) is 5.91 Å². The Kier molecular flexibility index (Phi) is 6.50. The first-order chi connectivity index (χ1) is 13.1. The van der Waals surface area contributed by atoms with E-state index in [1.165, 1.54) is 11.1 Å². The Balaban J connectivity index is 1.74. The number of thioether (sulfide) groups is 1. The van der Waals surface area contributed by atoms with Crippen LogP contribution in [0.25, 0.3) is 0 Å². The zero-order valence-corrected chi connectivity index (χ0v) is 19.2. The highest BCUT2D eigenvalue weighted by molar-refractivity contribution is 8.00. The molecule has 0 spiro atoms. The maximum atomic E-state index is 13.2. The second-order valence-corrected chi connectivity index (χ2v) is 12.6. The number of benzene rings is 1. The van der Waals surface area contributed by atoms with Gasteiger partial charge in [-0.15, -0.1) is 11.8 Å². The van der Waals surface area contributed by atoms with E-state index in [-0.39, 0.29) is 34.9 Å². The van der Waals surface area contributed by atoms with Crippen molar-refractivity contribution in [2.24, 2.45) is 0 Å². The Bertz CT molecular complexity index is 821. The molecule has 0 N–H and O–H groups in total. The minimum absolute atomic E-state index is 0.0705. The lowest BCUT2D eigenvalue weighted by Gasteiger charge is -2.34. The van der Waals surface area contributed by atoms with E-state index in [9.17, 15) is 13.2 Å². The van der Waals surface area contributed by atoms with Crippen molar-refractivity contribution >= 4 is 27.5 Å². The van der Waals surface area contributed by atoms with E-state index in [4.69, 9.17) is 0 Å². The van der Waals surface area contributed by atoms with Gasteiger partial charge in [0, 0.05) is 17.0 Å². The molecule has 1 unspecified atom stereocenters. The highest BCUT2D eigenvalue weighted by Gasteiger charge is 2.38. The highest BCUT2D eigenvalue weighted by Crippen LogP contribution is 2.33. The first kappa shape index (κ1) is 21.7. The summed E-state index contributed by atoms with van der Waals surface area (Å²) in [7, 11) is -3.00. The molecule has 28 heavy (non-hydrogen) atoms. The minimum Gasteiger partial charge on any atom is -0.335 e. The van der Waals surface area contributed by atoms with Crippen LogP contribution in [0, 0.1) is 6.92 Å². The van der Waals surface area contributed by atoms with E-state index in [2.05, 4.69) is 45.9 Å². The number of sulfone groups is 1. The van der Waals surface area contributed by atoms with Crippen molar-refractivity contribution in [3.63, 3.8) is 0 Å². The number of hydrogen-bond donors (Lipinski definition) is 0. The zero-order chi connectivity index (χ0) is 20.5. The number of carbonyl (C=O) groups is 1. The standard InChI is InChI=1S/C22H33NO3S2/c1-16-9-10-17(22(2,3)4)13-20(16)27-14-21(24)23(18-7-5-6-8-18)19-11-12-28(25,26)15-19/h9-10,13,18-19H,5-8,11-12,14-15H2,1-4H3. The maximum Gasteiger partial charge on any atom is 0.233 e. The zero-order valence-electron chi connectivity index (χ0n) is 17.5. The van der Waals surface area contributed by atoms with Crippen LogP contribution in [0.4, 0.5) is 0 Å². The fourth-order valence-electron chi connectivity index (χ4n) is 4.32. The first-order valence-electron chi connectivity index (χ1n) is 10.3. The summed E-state index contributed by atoms with van der Waals surface area (Å²) in [5.74, 6) is 0.827. The second-order valence-electron chi connectivity index (χ2n) is 9.32. The van der Waals surface area contributed by atoms with Gasteiger partial charge in [-0.2, -0.15) is 0 Å². The van der Waals surface area contributed by atoms with Gasteiger partial charge in [-0.25, -0.2) is 8.42 Å². The fourth-order valence-corrected chi connectivity index (χ4v) is 6.96. The molecular formula is C22H33NO3S2. The third-order valence-corrected chi connectivity index (χ3v) is 8.91. The molecule has 3 rings (SSSR count). The Labute approximate surface area is 174 Å². The van der Waals surface area contributed by atoms with Gasteiger partial charge in [0.25, 0.3) is 0 Å². The smallest absolute Gasteiger partial charge is 0.233 e. The molecule has 1 atom stereocenters. The molecule has 1 aromatic rings. The molecule has 4 nitrogen and oxygen atoms in total. The van der Waals surface area contributed by atoms with Gasteiger partial charge in [-0.1, -0.05) is 45.7 Å². The quantitative estimate of drug-likeness (QED) is 0.661. The molecule has 2 fully saturated rings. The minimum atomic E-state index is -3.00. The first-order valence-corrected chi connectivity index (χ1v) is 13.1. The van der Waals surface area contributed by atoms with E-state index in [0.29, 0.717) is 12.2 Å². The van der Waals surface area contributed by atoms with Crippen molar-refractivity contribution in [1.29, 1.82) is 0 Å². The van der Waals surface area contributed by atoms with Crippen LogP contribution >= 0.6 is 11.8 Å². The Morgan fingerprint density at radius 3 is 2.39 bits per heavy atom. The molecule has 6 heteroatoms. The van der Waals surface area contributed by atoms with E-state index in [1.54, 1.807) is 11.8 Å². The van der Waals surface area contributed by atoms with Crippen molar-refractivity contribution < 1.29 is 13.2 Å². The van der Waals surface area contributed by atoms with Crippen LogP contribution in [0.1, 0.15) is 64.0 Å². The summed E-state index contributed by atoms with van der Waals surface area (Å²) in [6, 6.07) is 6.57. The molecule has 156 valence electrons. The van der Waals surface area contributed by atoms with E-state index in [0.717, 1.165) is 30.6 Å². The van der Waals surface area contributed by atoms with Gasteiger partial charge < -0.3 is 4.90 Å². The number of aryl methyl sites for hydroxylation is 1. The Morgan fingerprint density at radius 1 is 1.14 bits per heavy atom. The number of hydrogen-bond acceptors (Lipinski definition) is 4.